The monoisotopic (exact) mass is 532 g/mol. The van der Waals surface area contributed by atoms with Gasteiger partial charge < -0.3 is 14.5 Å². The quantitative estimate of drug-likeness (QED) is 0.504. The molecule has 0 N–H and O–H groups in total. The molecule has 0 aliphatic carbocycles. The number of benzene rings is 1. The Morgan fingerprint density at radius 2 is 1.97 bits per heavy atom. The van der Waals surface area contributed by atoms with Crippen molar-refractivity contribution >= 4 is 23.6 Å². The molecular weight excluding hydrogens is 495 g/mol. The summed E-state index contributed by atoms with van der Waals surface area (Å²) in [6.07, 6.45) is 2.38. The highest BCUT2D eigenvalue weighted by atomic mass is 35.5. The molecule has 1 fully saturated rings. The highest BCUT2D eigenvalue weighted by Crippen LogP contribution is 2.35. The Kier molecular flexibility index (Phi) is 7.62. The Morgan fingerprint density at radius 1 is 1.24 bits per heavy atom. The Morgan fingerprint density at radius 3 is 2.62 bits per heavy atom. The minimum Gasteiger partial charge on any atom is -0.444 e. The van der Waals surface area contributed by atoms with Gasteiger partial charge in [-0.25, -0.2) is 9.18 Å². The molecule has 0 spiro atoms. The first-order valence-corrected chi connectivity index (χ1v) is 13.4. The SMILES string of the molecule is Cc1nn(Cc2ccc(Cl)cc2F)c2c1CCN(C(=O)CC1CCN(C(=O)OC(C)(C)C)C(C)(C)C1)C2. The maximum Gasteiger partial charge on any atom is 0.410 e. The van der Waals surface area contributed by atoms with E-state index in [0.717, 1.165) is 36.2 Å². The van der Waals surface area contributed by atoms with E-state index in [2.05, 4.69) is 5.10 Å². The molecule has 1 aromatic heterocycles. The number of rotatable bonds is 4. The summed E-state index contributed by atoms with van der Waals surface area (Å²) < 4.78 is 21.9. The number of likely N-dealkylation sites (tertiary alicyclic amines) is 1. The molecule has 2 aliphatic heterocycles. The van der Waals surface area contributed by atoms with Crippen LogP contribution < -0.4 is 0 Å². The molecule has 9 heteroatoms. The zero-order valence-electron chi connectivity index (χ0n) is 22.7. The minimum absolute atomic E-state index is 0.111. The normalized spacial score (nSPS) is 19.5. The van der Waals surface area contributed by atoms with Crippen LogP contribution in [0, 0.1) is 18.7 Å². The van der Waals surface area contributed by atoms with E-state index >= 15 is 0 Å². The highest BCUT2D eigenvalue weighted by Gasteiger charge is 2.40. The van der Waals surface area contributed by atoms with Crippen molar-refractivity contribution < 1.29 is 18.7 Å². The third-order valence-electron chi connectivity index (χ3n) is 7.38. The van der Waals surface area contributed by atoms with E-state index in [1.807, 2.05) is 51.1 Å². The minimum atomic E-state index is -0.544. The molecule has 2 amide bonds. The van der Waals surface area contributed by atoms with Crippen LogP contribution in [0.1, 0.15) is 76.4 Å². The summed E-state index contributed by atoms with van der Waals surface area (Å²) in [6, 6.07) is 4.66. The molecule has 0 radical (unpaired) electrons. The van der Waals surface area contributed by atoms with Crippen LogP contribution in [0.2, 0.25) is 5.02 Å². The fourth-order valence-electron chi connectivity index (χ4n) is 5.57. The fourth-order valence-corrected chi connectivity index (χ4v) is 5.73. The number of carbonyl (C=O) groups excluding carboxylic acids is 2. The van der Waals surface area contributed by atoms with E-state index in [-0.39, 0.29) is 29.3 Å². The molecule has 37 heavy (non-hydrogen) atoms. The maximum absolute atomic E-state index is 14.4. The molecule has 7 nitrogen and oxygen atoms in total. The van der Waals surface area contributed by atoms with Crippen LogP contribution in [0.4, 0.5) is 9.18 Å². The van der Waals surface area contributed by atoms with E-state index in [9.17, 15) is 14.0 Å². The predicted molar refractivity (Wildman–Crippen MR) is 141 cm³/mol. The molecule has 4 rings (SSSR count). The molecule has 2 aromatic rings. The van der Waals surface area contributed by atoms with Crippen molar-refractivity contribution in [2.45, 2.75) is 91.5 Å². The van der Waals surface area contributed by atoms with E-state index in [1.165, 1.54) is 6.07 Å². The van der Waals surface area contributed by atoms with E-state index < -0.39 is 5.60 Å². The summed E-state index contributed by atoms with van der Waals surface area (Å²) in [5, 5.41) is 5.02. The van der Waals surface area contributed by atoms with Crippen LogP contribution in [0.3, 0.4) is 0 Å². The van der Waals surface area contributed by atoms with E-state index in [4.69, 9.17) is 16.3 Å². The summed E-state index contributed by atoms with van der Waals surface area (Å²) in [5.41, 5.74) is 2.61. The van der Waals surface area contributed by atoms with Gasteiger partial charge in [-0.1, -0.05) is 17.7 Å². The van der Waals surface area contributed by atoms with Crippen LogP contribution in [0.15, 0.2) is 18.2 Å². The average Bonchev–Trinajstić information content (AvgIpc) is 3.08. The lowest BCUT2D eigenvalue weighted by Gasteiger charge is -2.45. The second kappa shape index (κ2) is 10.3. The van der Waals surface area contributed by atoms with Crippen molar-refractivity contribution in [2.24, 2.45) is 5.92 Å². The summed E-state index contributed by atoms with van der Waals surface area (Å²) in [6.45, 7) is 13.6. The molecule has 1 aromatic carbocycles. The van der Waals surface area contributed by atoms with Crippen LogP contribution >= 0.6 is 11.6 Å². The zero-order chi connectivity index (χ0) is 27.1. The van der Waals surface area contributed by atoms with Crippen molar-refractivity contribution in [1.29, 1.82) is 0 Å². The largest absolute Gasteiger partial charge is 0.444 e. The number of piperidine rings is 1. The van der Waals surface area contributed by atoms with Crippen LogP contribution in [-0.2, 0) is 29.0 Å². The lowest BCUT2D eigenvalue weighted by Crippen LogP contribution is -2.54. The lowest BCUT2D eigenvalue weighted by atomic mass is 9.81. The molecule has 202 valence electrons. The summed E-state index contributed by atoms with van der Waals surface area (Å²) in [7, 11) is 0. The zero-order valence-corrected chi connectivity index (χ0v) is 23.5. The van der Waals surface area contributed by atoms with Crippen molar-refractivity contribution in [2.75, 3.05) is 13.1 Å². The number of nitrogens with zero attached hydrogens (tertiary/aromatic N) is 4. The van der Waals surface area contributed by atoms with Crippen molar-refractivity contribution in [3.05, 3.63) is 51.6 Å². The van der Waals surface area contributed by atoms with Gasteiger partial charge in [-0.2, -0.15) is 5.10 Å². The van der Waals surface area contributed by atoms with Crippen LogP contribution in [0.25, 0.3) is 0 Å². The van der Waals surface area contributed by atoms with Crippen molar-refractivity contribution in [3.8, 4) is 0 Å². The lowest BCUT2D eigenvalue weighted by molar-refractivity contribution is -0.134. The van der Waals surface area contributed by atoms with Gasteiger partial charge in [0.25, 0.3) is 0 Å². The number of hydrogen-bond donors (Lipinski definition) is 0. The molecule has 0 saturated carbocycles. The Balaban J connectivity index is 1.41. The van der Waals surface area contributed by atoms with Gasteiger partial charge in [-0.15, -0.1) is 0 Å². The van der Waals surface area contributed by atoms with Crippen LogP contribution in [0.5, 0.6) is 0 Å². The Labute approximate surface area is 223 Å². The third kappa shape index (κ3) is 6.28. The molecule has 0 bridgehead atoms. The van der Waals surface area contributed by atoms with Gasteiger partial charge in [0, 0.05) is 35.6 Å². The topological polar surface area (TPSA) is 67.7 Å². The number of ether oxygens (including phenoxy) is 1. The second-order valence-corrected chi connectivity index (χ2v) is 12.4. The molecule has 2 aliphatic rings. The number of halogens is 2. The Hall–Kier alpha value is -2.61. The van der Waals surface area contributed by atoms with Gasteiger partial charge >= 0.3 is 6.09 Å². The molecule has 1 unspecified atom stereocenters. The van der Waals surface area contributed by atoms with Crippen molar-refractivity contribution in [3.63, 3.8) is 0 Å². The van der Waals surface area contributed by atoms with Crippen molar-refractivity contribution in [1.82, 2.24) is 19.6 Å². The summed E-state index contributed by atoms with van der Waals surface area (Å²) in [4.78, 5) is 29.8. The maximum atomic E-state index is 14.4. The molecular formula is C28H38ClFN4O3. The standard InChI is InChI=1S/C28H38ClFN4O3/c1-18-22-10-11-32(17-24(22)34(31-18)16-20-7-8-21(29)14-23(20)30)25(35)13-19-9-12-33(28(5,6)15-19)26(36)37-27(2,3)4/h7-8,14,19H,9-13,15-17H2,1-6H3. The first-order chi connectivity index (χ1) is 17.2. The highest BCUT2D eigenvalue weighted by molar-refractivity contribution is 6.30. The van der Waals surface area contributed by atoms with Gasteiger partial charge in [-0.3, -0.25) is 9.48 Å². The molecule has 3 heterocycles. The summed E-state index contributed by atoms with van der Waals surface area (Å²) in [5.74, 6) is -0.0591. The number of aromatic nitrogens is 2. The Bertz CT molecular complexity index is 1190. The number of amides is 2. The number of carbonyl (C=O) groups is 2. The number of hydrogen-bond acceptors (Lipinski definition) is 4. The number of aryl methyl sites for hydroxylation is 1. The first-order valence-electron chi connectivity index (χ1n) is 13.0. The van der Waals surface area contributed by atoms with Gasteiger partial charge in [0.2, 0.25) is 5.91 Å². The van der Waals surface area contributed by atoms with E-state index in [0.29, 0.717) is 43.2 Å². The average molecular weight is 533 g/mol. The van der Waals surface area contributed by atoms with Gasteiger partial charge in [0.05, 0.1) is 24.5 Å². The van der Waals surface area contributed by atoms with Gasteiger partial charge in [-0.05, 0) is 84.4 Å². The third-order valence-corrected chi connectivity index (χ3v) is 7.62. The predicted octanol–water partition coefficient (Wildman–Crippen LogP) is 5.73. The fraction of sp³-hybridized carbons (Fsp3) is 0.607. The van der Waals surface area contributed by atoms with Crippen LogP contribution in [-0.4, -0.2) is 55.8 Å². The second-order valence-electron chi connectivity index (χ2n) is 12.0. The van der Waals surface area contributed by atoms with E-state index in [1.54, 1.807) is 17.0 Å². The molecule has 1 saturated heterocycles. The van der Waals surface area contributed by atoms with Gasteiger partial charge in [0.1, 0.15) is 11.4 Å². The number of fused-ring (bicyclic) bond motifs is 1. The first kappa shape index (κ1) is 27.4. The summed E-state index contributed by atoms with van der Waals surface area (Å²) >= 11 is 5.91. The smallest absolute Gasteiger partial charge is 0.410 e. The van der Waals surface area contributed by atoms with Gasteiger partial charge in [0.15, 0.2) is 0 Å². The molecule has 1 atom stereocenters.